The van der Waals surface area contributed by atoms with Crippen LogP contribution in [-0.4, -0.2) is 29.1 Å². The summed E-state index contributed by atoms with van der Waals surface area (Å²) in [6.07, 6.45) is 1.19. The molecule has 0 radical (unpaired) electrons. The van der Waals surface area contributed by atoms with E-state index < -0.39 is 0 Å². The molecule has 1 saturated heterocycles. The summed E-state index contributed by atoms with van der Waals surface area (Å²) in [6, 6.07) is 0. The molecular weight excluding hydrogens is 164 g/mol. The first-order valence-electron chi connectivity index (χ1n) is 3.50. The van der Waals surface area contributed by atoms with Gasteiger partial charge in [-0.3, -0.25) is 5.32 Å². The second-order valence-electron chi connectivity index (χ2n) is 2.37. The van der Waals surface area contributed by atoms with Gasteiger partial charge in [0.1, 0.15) is 0 Å². The highest BCUT2D eigenvalue weighted by atomic mass is 32.2. The third-order valence-electron chi connectivity index (χ3n) is 1.65. The first-order valence-corrected chi connectivity index (χ1v) is 5.49. The first kappa shape index (κ1) is 7.00. The van der Waals surface area contributed by atoms with E-state index in [1.54, 1.807) is 11.9 Å². The van der Waals surface area contributed by atoms with Crippen molar-refractivity contribution in [3.8, 4) is 0 Å². The predicted molar refractivity (Wildman–Crippen MR) is 48.8 cm³/mol. The Morgan fingerprint density at radius 1 is 1.50 bits per heavy atom. The first-order chi connectivity index (χ1) is 4.97. The summed E-state index contributed by atoms with van der Waals surface area (Å²) in [6.45, 7) is 1.15. The smallest absolute Gasteiger partial charge is 0.0930 e. The summed E-state index contributed by atoms with van der Waals surface area (Å²) in [7, 11) is 0. The third kappa shape index (κ3) is 1.33. The van der Waals surface area contributed by atoms with Gasteiger partial charge >= 0.3 is 0 Å². The van der Waals surface area contributed by atoms with Crippen LogP contribution in [0, 0.1) is 0 Å². The van der Waals surface area contributed by atoms with E-state index in [0.717, 1.165) is 6.54 Å². The molecule has 56 valence electrons. The summed E-state index contributed by atoms with van der Waals surface area (Å²) in [4.78, 5) is 0. The fourth-order valence-corrected chi connectivity index (χ4v) is 3.03. The second-order valence-corrected chi connectivity index (χ2v) is 4.43. The number of hydrogen-bond donors (Lipinski definition) is 1. The molecule has 2 nitrogen and oxygen atoms in total. The van der Waals surface area contributed by atoms with E-state index in [1.807, 2.05) is 11.8 Å². The normalized spacial score (nSPS) is 32.8. The molecule has 2 aliphatic rings. The summed E-state index contributed by atoms with van der Waals surface area (Å²) >= 11 is 3.69. The van der Waals surface area contributed by atoms with Crippen LogP contribution in [-0.2, 0) is 0 Å². The lowest BCUT2D eigenvalue weighted by Crippen LogP contribution is -2.27. The van der Waals surface area contributed by atoms with E-state index in [4.69, 9.17) is 0 Å². The Balaban J connectivity index is 1.97. The number of rotatable bonds is 1. The minimum Gasteiger partial charge on any atom is -0.300 e. The molecule has 0 spiro atoms. The monoisotopic (exact) mass is 174 g/mol. The van der Waals surface area contributed by atoms with Crippen LogP contribution in [0.1, 0.15) is 6.42 Å². The maximum atomic E-state index is 4.37. The third-order valence-corrected chi connectivity index (χ3v) is 3.61. The summed E-state index contributed by atoms with van der Waals surface area (Å²) in [5.74, 6) is 2.43. The van der Waals surface area contributed by atoms with Crippen molar-refractivity contribution in [3.63, 3.8) is 0 Å². The van der Waals surface area contributed by atoms with Gasteiger partial charge in [0.15, 0.2) is 0 Å². The molecule has 10 heavy (non-hydrogen) atoms. The van der Waals surface area contributed by atoms with Crippen LogP contribution in [0.3, 0.4) is 0 Å². The van der Waals surface area contributed by atoms with Crippen LogP contribution in [0.15, 0.2) is 4.40 Å². The van der Waals surface area contributed by atoms with E-state index in [-0.39, 0.29) is 0 Å². The number of nitrogens with zero attached hydrogens (tertiary/aromatic N) is 1. The number of thioether (sulfide) groups is 1. The topological polar surface area (TPSA) is 24.4 Å². The van der Waals surface area contributed by atoms with Crippen molar-refractivity contribution in [3.05, 3.63) is 0 Å². The van der Waals surface area contributed by atoms with Gasteiger partial charge in [-0.15, -0.1) is 11.8 Å². The molecule has 1 fully saturated rings. The van der Waals surface area contributed by atoms with Crippen molar-refractivity contribution in [1.29, 1.82) is 0 Å². The van der Waals surface area contributed by atoms with Crippen molar-refractivity contribution < 1.29 is 0 Å². The quantitative estimate of drug-likeness (QED) is 0.603. The van der Waals surface area contributed by atoms with Crippen LogP contribution < -0.4 is 5.32 Å². The molecule has 0 aromatic carbocycles. The van der Waals surface area contributed by atoms with E-state index in [0.29, 0.717) is 5.37 Å². The Morgan fingerprint density at radius 3 is 3.10 bits per heavy atom. The molecule has 2 aliphatic heterocycles. The van der Waals surface area contributed by atoms with Gasteiger partial charge < -0.3 is 0 Å². The SMILES string of the molecule is C1CSC(C2=NSCC2)N1. The average Bonchev–Trinajstić information content (AvgIpc) is 2.59. The number of hydrogen-bond acceptors (Lipinski definition) is 4. The standard InChI is InChI=1S/C6H10N2S2/c1-3-10-8-5(1)6-7-2-4-9-6/h6-7H,1-4H2. The van der Waals surface area contributed by atoms with Crippen molar-refractivity contribution in [2.75, 3.05) is 18.1 Å². The van der Waals surface area contributed by atoms with E-state index in [1.165, 1.54) is 23.6 Å². The van der Waals surface area contributed by atoms with Crippen LogP contribution in [0.4, 0.5) is 0 Å². The molecule has 2 heterocycles. The summed E-state index contributed by atoms with van der Waals surface area (Å²) in [5, 5.41) is 3.97. The zero-order chi connectivity index (χ0) is 6.81. The molecule has 1 unspecified atom stereocenters. The lowest BCUT2D eigenvalue weighted by Gasteiger charge is -2.06. The fourth-order valence-electron chi connectivity index (χ4n) is 1.14. The molecule has 0 amide bonds. The van der Waals surface area contributed by atoms with Gasteiger partial charge in [-0.25, -0.2) is 4.40 Å². The highest BCUT2D eigenvalue weighted by Gasteiger charge is 2.22. The molecule has 0 bridgehead atoms. The zero-order valence-corrected chi connectivity index (χ0v) is 7.30. The van der Waals surface area contributed by atoms with E-state index >= 15 is 0 Å². The molecule has 0 saturated carbocycles. The Labute approximate surface area is 69.4 Å². The number of nitrogens with one attached hydrogen (secondary N) is 1. The molecule has 0 aliphatic carbocycles. The van der Waals surface area contributed by atoms with Gasteiger partial charge in [0.05, 0.1) is 11.1 Å². The lowest BCUT2D eigenvalue weighted by atomic mass is 10.3. The van der Waals surface area contributed by atoms with E-state index in [2.05, 4.69) is 9.71 Å². The van der Waals surface area contributed by atoms with Crippen LogP contribution in [0.25, 0.3) is 0 Å². The highest BCUT2D eigenvalue weighted by molar-refractivity contribution is 8.01. The molecule has 2 rings (SSSR count). The molecule has 1 N–H and O–H groups in total. The maximum Gasteiger partial charge on any atom is 0.0930 e. The van der Waals surface area contributed by atoms with Crippen LogP contribution in [0.5, 0.6) is 0 Å². The van der Waals surface area contributed by atoms with Gasteiger partial charge in [-0.1, -0.05) is 0 Å². The average molecular weight is 174 g/mol. The minimum atomic E-state index is 0.551. The molecular formula is C6H10N2S2. The maximum absolute atomic E-state index is 4.37. The largest absolute Gasteiger partial charge is 0.300 e. The van der Waals surface area contributed by atoms with Gasteiger partial charge in [0, 0.05) is 18.1 Å². The Bertz CT molecular complexity index is 152. The minimum absolute atomic E-state index is 0.551. The zero-order valence-electron chi connectivity index (χ0n) is 5.67. The van der Waals surface area contributed by atoms with E-state index in [9.17, 15) is 0 Å². The van der Waals surface area contributed by atoms with Crippen molar-refractivity contribution in [2.24, 2.45) is 4.40 Å². The Hall–Kier alpha value is 0.330. The van der Waals surface area contributed by atoms with Crippen molar-refractivity contribution >= 4 is 29.4 Å². The molecule has 0 aromatic heterocycles. The Morgan fingerprint density at radius 2 is 2.50 bits per heavy atom. The molecule has 4 heteroatoms. The Kier molecular flexibility index (Phi) is 2.21. The van der Waals surface area contributed by atoms with Gasteiger partial charge in [-0.05, 0) is 18.4 Å². The highest BCUT2D eigenvalue weighted by Crippen LogP contribution is 2.24. The van der Waals surface area contributed by atoms with Gasteiger partial charge in [0.2, 0.25) is 0 Å². The fraction of sp³-hybridized carbons (Fsp3) is 0.833. The molecule has 1 atom stereocenters. The van der Waals surface area contributed by atoms with Crippen LogP contribution >= 0.6 is 23.7 Å². The van der Waals surface area contributed by atoms with Gasteiger partial charge in [-0.2, -0.15) is 0 Å². The predicted octanol–water partition coefficient (Wildman–Crippen LogP) is 1.14. The van der Waals surface area contributed by atoms with Crippen molar-refractivity contribution in [1.82, 2.24) is 5.32 Å². The van der Waals surface area contributed by atoms with Crippen LogP contribution in [0.2, 0.25) is 0 Å². The second kappa shape index (κ2) is 3.15. The van der Waals surface area contributed by atoms with Gasteiger partial charge in [0.25, 0.3) is 0 Å². The molecule has 0 aromatic rings. The summed E-state index contributed by atoms with van der Waals surface area (Å²) in [5.41, 5.74) is 1.37. The lowest BCUT2D eigenvalue weighted by molar-refractivity contribution is 0.821. The van der Waals surface area contributed by atoms with Crippen molar-refractivity contribution in [2.45, 2.75) is 11.8 Å². The summed E-state index contributed by atoms with van der Waals surface area (Å²) < 4.78 is 4.37.